The van der Waals surface area contributed by atoms with Crippen LogP contribution < -0.4 is 10.2 Å². The van der Waals surface area contributed by atoms with Crippen molar-refractivity contribution >= 4 is 17.3 Å². The van der Waals surface area contributed by atoms with Crippen LogP contribution in [0.3, 0.4) is 0 Å². The Balaban J connectivity index is 1.41. The van der Waals surface area contributed by atoms with Gasteiger partial charge in [0.25, 0.3) is 0 Å². The molecule has 0 aliphatic carbocycles. The van der Waals surface area contributed by atoms with E-state index in [0.717, 1.165) is 24.0 Å². The summed E-state index contributed by atoms with van der Waals surface area (Å²) in [5.74, 6) is 0.896. The molecule has 21 heavy (non-hydrogen) atoms. The molecule has 0 amide bonds. The summed E-state index contributed by atoms with van der Waals surface area (Å²) in [6.45, 7) is 8.34. The lowest BCUT2D eigenvalue weighted by Crippen LogP contribution is -2.47. The first-order chi connectivity index (χ1) is 10.3. The minimum Gasteiger partial charge on any atom is -0.369 e. The lowest BCUT2D eigenvalue weighted by molar-refractivity contribution is 0.226. The average Bonchev–Trinajstić information content (AvgIpc) is 2.55. The van der Waals surface area contributed by atoms with E-state index < -0.39 is 0 Å². The van der Waals surface area contributed by atoms with E-state index in [9.17, 15) is 0 Å². The summed E-state index contributed by atoms with van der Waals surface area (Å²) in [6.07, 6.45) is 4.13. The zero-order valence-corrected chi connectivity index (χ0v) is 13.5. The van der Waals surface area contributed by atoms with Gasteiger partial charge in [-0.1, -0.05) is 11.6 Å². The van der Waals surface area contributed by atoms with Gasteiger partial charge in [-0.25, -0.2) is 0 Å². The predicted octanol–water partition coefficient (Wildman–Crippen LogP) is 2.85. The minimum atomic E-state index is 0.818. The van der Waals surface area contributed by atoms with Crippen molar-refractivity contribution in [1.82, 2.24) is 10.2 Å². The monoisotopic (exact) mass is 307 g/mol. The SMILES string of the molecule is Clc1ccc(N2CCN(CCC3CCCNC3)CC2)cc1. The minimum absolute atomic E-state index is 0.818. The maximum Gasteiger partial charge on any atom is 0.0407 e. The molecule has 116 valence electrons. The van der Waals surface area contributed by atoms with Crippen LogP contribution in [-0.4, -0.2) is 50.7 Å². The highest BCUT2D eigenvalue weighted by atomic mass is 35.5. The van der Waals surface area contributed by atoms with Gasteiger partial charge < -0.3 is 10.2 Å². The number of nitrogens with one attached hydrogen (secondary N) is 1. The fourth-order valence-electron chi connectivity index (χ4n) is 3.42. The van der Waals surface area contributed by atoms with Crippen LogP contribution in [0.25, 0.3) is 0 Å². The average molecular weight is 308 g/mol. The lowest BCUT2D eigenvalue weighted by Gasteiger charge is -2.37. The predicted molar refractivity (Wildman–Crippen MR) is 90.3 cm³/mol. The smallest absolute Gasteiger partial charge is 0.0407 e. The van der Waals surface area contributed by atoms with Gasteiger partial charge >= 0.3 is 0 Å². The van der Waals surface area contributed by atoms with Gasteiger partial charge in [0.05, 0.1) is 0 Å². The molecule has 1 aromatic carbocycles. The topological polar surface area (TPSA) is 18.5 Å². The number of piperazine rings is 1. The van der Waals surface area contributed by atoms with Gasteiger partial charge in [0.15, 0.2) is 0 Å². The molecule has 2 aliphatic heterocycles. The van der Waals surface area contributed by atoms with E-state index in [1.807, 2.05) is 12.1 Å². The van der Waals surface area contributed by atoms with Crippen molar-refractivity contribution in [1.29, 1.82) is 0 Å². The number of anilines is 1. The van der Waals surface area contributed by atoms with Gasteiger partial charge in [-0.3, -0.25) is 4.90 Å². The Morgan fingerprint density at radius 1 is 1.10 bits per heavy atom. The first-order valence-corrected chi connectivity index (χ1v) is 8.62. The normalized spacial score (nSPS) is 24.2. The molecule has 0 aromatic heterocycles. The Morgan fingerprint density at radius 2 is 1.86 bits per heavy atom. The molecule has 0 bridgehead atoms. The maximum atomic E-state index is 5.96. The molecule has 0 spiro atoms. The van der Waals surface area contributed by atoms with Crippen molar-refractivity contribution in [2.24, 2.45) is 5.92 Å². The first-order valence-electron chi connectivity index (χ1n) is 8.25. The molecule has 2 aliphatic rings. The van der Waals surface area contributed by atoms with Crippen LogP contribution in [0.2, 0.25) is 5.02 Å². The summed E-state index contributed by atoms with van der Waals surface area (Å²) in [5, 5.41) is 4.34. The summed E-state index contributed by atoms with van der Waals surface area (Å²) in [7, 11) is 0. The highest BCUT2D eigenvalue weighted by molar-refractivity contribution is 6.30. The van der Waals surface area contributed by atoms with Crippen molar-refractivity contribution in [3.05, 3.63) is 29.3 Å². The van der Waals surface area contributed by atoms with Crippen molar-refractivity contribution in [3.63, 3.8) is 0 Å². The Morgan fingerprint density at radius 3 is 2.52 bits per heavy atom. The lowest BCUT2D eigenvalue weighted by atomic mass is 9.96. The molecule has 1 atom stereocenters. The van der Waals surface area contributed by atoms with E-state index in [0.29, 0.717) is 0 Å². The summed E-state index contributed by atoms with van der Waals surface area (Å²) >= 11 is 5.96. The van der Waals surface area contributed by atoms with Crippen LogP contribution in [0.15, 0.2) is 24.3 Å². The molecule has 2 fully saturated rings. The van der Waals surface area contributed by atoms with Crippen LogP contribution in [-0.2, 0) is 0 Å². The Bertz CT molecular complexity index is 420. The number of halogens is 1. The van der Waals surface area contributed by atoms with Crippen molar-refractivity contribution in [2.75, 3.05) is 50.7 Å². The van der Waals surface area contributed by atoms with Crippen LogP contribution in [0.5, 0.6) is 0 Å². The van der Waals surface area contributed by atoms with E-state index >= 15 is 0 Å². The van der Waals surface area contributed by atoms with E-state index in [-0.39, 0.29) is 0 Å². The fourth-order valence-corrected chi connectivity index (χ4v) is 3.54. The quantitative estimate of drug-likeness (QED) is 0.923. The molecule has 2 saturated heterocycles. The number of benzene rings is 1. The number of hydrogen-bond donors (Lipinski definition) is 1. The number of nitrogens with zero attached hydrogens (tertiary/aromatic N) is 2. The Kier molecular flexibility index (Phi) is 5.39. The van der Waals surface area contributed by atoms with Gasteiger partial charge in [-0.05, 0) is 69.1 Å². The highest BCUT2D eigenvalue weighted by Crippen LogP contribution is 2.20. The molecule has 1 N–H and O–H groups in total. The van der Waals surface area contributed by atoms with Crippen molar-refractivity contribution < 1.29 is 0 Å². The number of hydrogen-bond acceptors (Lipinski definition) is 3. The Hall–Kier alpha value is -0.770. The highest BCUT2D eigenvalue weighted by Gasteiger charge is 2.19. The standard InChI is InChI=1S/C17H26ClN3/c18-16-3-5-17(6-4-16)21-12-10-20(11-13-21)9-7-15-2-1-8-19-14-15/h3-6,15,19H,1-2,7-14H2. The molecule has 0 saturated carbocycles. The van der Waals surface area contributed by atoms with Gasteiger partial charge in [-0.2, -0.15) is 0 Å². The molecule has 4 heteroatoms. The van der Waals surface area contributed by atoms with E-state index in [1.165, 1.54) is 57.7 Å². The Labute approximate surface area is 133 Å². The second kappa shape index (κ2) is 7.48. The summed E-state index contributed by atoms with van der Waals surface area (Å²) in [4.78, 5) is 5.09. The fraction of sp³-hybridized carbons (Fsp3) is 0.647. The first kappa shape index (κ1) is 15.1. The third-order valence-corrected chi connectivity index (χ3v) is 5.07. The molecule has 3 nitrogen and oxygen atoms in total. The zero-order valence-electron chi connectivity index (χ0n) is 12.7. The zero-order chi connectivity index (χ0) is 14.5. The van der Waals surface area contributed by atoms with Crippen LogP contribution in [0, 0.1) is 5.92 Å². The van der Waals surface area contributed by atoms with E-state index in [1.54, 1.807) is 0 Å². The maximum absolute atomic E-state index is 5.96. The molecule has 2 heterocycles. The number of rotatable bonds is 4. The van der Waals surface area contributed by atoms with Gasteiger partial charge in [0.1, 0.15) is 0 Å². The van der Waals surface area contributed by atoms with Gasteiger partial charge in [-0.15, -0.1) is 0 Å². The van der Waals surface area contributed by atoms with Gasteiger partial charge in [0.2, 0.25) is 0 Å². The second-order valence-electron chi connectivity index (χ2n) is 6.31. The number of piperidine rings is 1. The third-order valence-electron chi connectivity index (χ3n) is 4.82. The van der Waals surface area contributed by atoms with Crippen molar-refractivity contribution in [3.8, 4) is 0 Å². The molecule has 1 unspecified atom stereocenters. The van der Waals surface area contributed by atoms with Crippen LogP contribution >= 0.6 is 11.6 Å². The second-order valence-corrected chi connectivity index (χ2v) is 6.74. The molecule has 0 radical (unpaired) electrons. The van der Waals surface area contributed by atoms with Crippen LogP contribution in [0.1, 0.15) is 19.3 Å². The van der Waals surface area contributed by atoms with E-state index in [4.69, 9.17) is 11.6 Å². The van der Waals surface area contributed by atoms with Gasteiger partial charge in [0, 0.05) is 36.9 Å². The van der Waals surface area contributed by atoms with E-state index in [2.05, 4.69) is 27.2 Å². The van der Waals surface area contributed by atoms with Crippen LogP contribution in [0.4, 0.5) is 5.69 Å². The molecular formula is C17H26ClN3. The molecular weight excluding hydrogens is 282 g/mol. The molecule has 1 aromatic rings. The summed E-state index contributed by atoms with van der Waals surface area (Å²) in [5.41, 5.74) is 1.30. The molecule has 3 rings (SSSR count). The third kappa shape index (κ3) is 4.35. The summed E-state index contributed by atoms with van der Waals surface area (Å²) in [6, 6.07) is 8.23. The van der Waals surface area contributed by atoms with Crippen molar-refractivity contribution in [2.45, 2.75) is 19.3 Å². The largest absolute Gasteiger partial charge is 0.369 e. The summed E-state index contributed by atoms with van der Waals surface area (Å²) < 4.78 is 0.